The lowest BCUT2D eigenvalue weighted by atomic mass is 10.1. The van der Waals surface area contributed by atoms with Crippen LogP contribution >= 0.6 is 0 Å². The second-order valence-corrected chi connectivity index (χ2v) is 9.57. The first-order chi connectivity index (χ1) is 13.7. The molecule has 0 aliphatic carbocycles. The second-order valence-electron chi connectivity index (χ2n) is 9.57. The summed E-state index contributed by atoms with van der Waals surface area (Å²) < 4.78 is 0.869. The summed E-state index contributed by atoms with van der Waals surface area (Å²) in [4.78, 5) is 0. The molecule has 0 amide bonds. The van der Waals surface area contributed by atoms with Gasteiger partial charge in [-0.25, -0.2) is 0 Å². The Hall–Kier alpha value is -0.0800. The number of quaternary nitrogens is 1. The van der Waals surface area contributed by atoms with E-state index in [1.54, 1.807) is 0 Å². The number of hydrogen-bond donors (Lipinski definition) is 1. The molecule has 0 aliphatic rings. The van der Waals surface area contributed by atoms with Crippen molar-refractivity contribution in [2.45, 2.75) is 142 Å². The van der Waals surface area contributed by atoms with Gasteiger partial charge in [-0.3, -0.25) is 0 Å². The maximum absolute atomic E-state index is 9.84. The molecule has 170 valence electrons. The Labute approximate surface area is 179 Å². The van der Waals surface area contributed by atoms with E-state index in [4.69, 9.17) is 0 Å². The third-order valence-corrected chi connectivity index (χ3v) is 6.44. The van der Waals surface area contributed by atoms with Gasteiger partial charge in [0, 0.05) is 0 Å². The third-order valence-electron chi connectivity index (χ3n) is 6.44. The molecule has 0 saturated carbocycles. The zero-order valence-corrected chi connectivity index (χ0v) is 20.2. The highest BCUT2D eigenvalue weighted by Gasteiger charge is 2.18. The minimum absolute atomic E-state index is 0.314. The van der Waals surface area contributed by atoms with Crippen LogP contribution in [0.4, 0.5) is 0 Å². The number of aliphatic hydroxyl groups is 1. The standard InChI is InChI=1S/C26H56NO/c1-4-6-8-10-12-14-16-18-20-22-24-27(3,26-28)25-23-21-19-17-15-13-11-9-7-5-2/h28H,4-26H2,1-3H3/q+1. The Bertz CT molecular complexity index is 268. The predicted octanol–water partition coefficient (Wildman–Crippen LogP) is 8.22. The van der Waals surface area contributed by atoms with Crippen LogP contribution in [0.3, 0.4) is 0 Å². The van der Waals surface area contributed by atoms with E-state index in [1.807, 2.05) is 0 Å². The summed E-state index contributed by atoms with van der Waals surface area (Å²) in [5.41, 5.74) is 0. The second kappa shape index (κ2) is 21.6. The van der Waals surface area contributed by atoms with Crippen LogP contribution in [0, 0.1) is 0 Å². The highest BCUT2D eigenvalue weighted by molar-refractivity contribution is 4.50. The Morgan fingerprint density at radius 1 is 0.429 bits per heavy atom. The largest absolute Gasteiger partial charge is 0.347 e. The smallest absolute Gasteiger partial charge is 0.180 e. The first-order valence-electron chi connectivity index (χ1n) is 13.1. The molecule has 28 heavy (non-hydrogen) atoms. The molecule has 0 spiro atoms. The molecular formula is C26H56NO+. The summed E-state index contributed by atoms with van der Waals surface area (Å²) in [6.45, 7) is 7.20. The van der Waals surface area contributed by atoms with Crippen LogP contribution in [0.15, 0.2) is 0 Å². The number of nitrogens with zero attached hydrogens (tertiary/aromatic N) is 1. The van der Waals surface area contributed by atoms with Crippen molar-refractivity contribution >= 4 is 0 Å². The normalized spacial score (nSPS) is 12.0. The van der Waals surface area contributed by atoms with E-state index in [1.165, 1.54) is 128 Å². The molecule has 0 aromatic heterocycles. The lowest BCUT2D eigenvalue weighted by Crippen LogP contribution is -2.46. The molecule has 0 fully saturated rings. The molecule has 0 aromatic rings. The number of rotatable bonds is 23. The number of aliphatic hydroxyl groups excluding tert-OH is 1. The van der Waals surface area contributed by atoms with Crippen molar-refractivity contribution in [1.82, 2.24) is 0 Å². The molecule has 0 rings (SSSR count). The first kappa shape index (κ1) is 27.9. The quantitative estimate of drug-likeness (QED) is 0.104. The van der Waals surface area contributed by atoms with E-state index in [0.717, 1.165) is 17.6 Å². The van der Waals surface area contributed by atoms with Gasteiger partial charge in [-0.05, 0) is 25.7 Å². The van der Waals surface area contributed by atoms with Crippen LogP contribution in [-0.2, 0) is 0 Å². The Morgan fingerprint density at radius 3 is 0.929 bits per heavy atom. The summed E-state index contributed by atoms with van der Waals surface area (Å²) in [5, 5.41) is 9.84. The Balaban J connectivity index is 3.47. The van der Waals surface area contributed by atoms with Crippen LogP contribution < -0.4 is 0 Å². The topological polar surface area (TPSA) is 20.2 Å². The molecule has 0 atom stereocenters. The van der Waals surface area contributed by atoms with Gasteiger partial charge in [0.25, 0.3) is 0 Å². The summed E-state index contributed by atoms with van der Waals surface area (Å²) in [6, 6.07) is 0. The molecule has 0 radical (unpaired) electrons. The minimum Gasteiger partial charge on any atom is -0.347 e. The average molecular weight is 399 g/mol. The minimum atomic E-state index is 0.314. The van der Waals surface area contributed by atoms with Crippen LogP contribution in [0.25, 0.3) is 0 Å². The molecule has 0 saturated heterocycles. The van der Waals surface area contributed by atoms with Gasteiger partial charge in [-0.1, -0.05) is 117 Å². The summed E-state index contributed by atoms with van der Waals surface area (Å²) in [5.74, 6) is 0. The van der Waals surface area contributed by atoms with Crippen molar-refractivity contribution in [3.05, 3.63) is 0 Å². The lowest BCUT2D eigenvalue weighted by molar-refractivity contribution is -0.927. The maximum atomic E-state index is 9.84. The summed E-state index contributed by atoms with van der Waals surface area (Å²) in [7, 11) is 2.25. The van der Waals surface area contributed by atoms with Crippen molar-refractivity contribution in [2.24, 2.45) is 0 Å². The van der Waals surface area contributed by atoms with Gasteiger partial charge in [0.05, 0.1) is 20.1 Å². The molecule has 0 aliphatic heterocycles. The lowest BCUT2D eigenvalue weighted by Gasteiger charge is -2.32. The molecule has 2 nitrogen and oxygen atoms in total. The molecular weight excluding hydrogens is 342 g/mol. The average Bonchev–Trinajstić information content (AvgIpc) is 2.71. The van der Waals surface area contributed by atoms with Crippen LogP contribution in [-0.4, -0.2) is 36.5 Å². The van der Waals surface area contributed by atoms with Gasteiger partial charge in [0.15, 0.2) is 6.73 Å². The van der Waals surface area contributed by atoms with Gasteiger partial charge in [-0.15, -0.1) is 0 Å². The van der Waals surface area contributed by atoms with Gasteiger partial charge in [0.2, 0.25) is 0 Å². The van der Waals surface area contributed by atoms with E-state index in [-0.39, 0.29) is 0 Å². The van der Waals surface area contributed by atoms with E-state index in [9.17, 15) is 5.11 Å². The van der Waals surface area contributed by atoms with Crippen molar-refractivity contribution in [3.8, 4) is 0 Å². The van der Waals surface area contributed by atoms with Crippen molar-refractivity contribution in [1.29, 1.82) is 0 Å². The highest BCUT2D eigenvalue weighted by atomic mass is 16.3. The zero-order valence-electron chi connectivity index (χ0n) is 20.2. The SMILES string of the molecule is CCCCCCCCCCCC[N+](C)(CO)CCCCCCCCCCCC. The van der Waals surface area contributed by atoms with Gasteiger partial charge in [0.1, 0.15) is 0 Å². The monoisotopic (exact) mass is 398 g/mol. The van der Waals surface area contributed by atoms with Gasteiger partial charge < -0.3 is 9.59 Å². The first-order valence-corrected chi connectivity index (χ1v) is 13.1. The fourth-order valence-electron chi connectivity index (χ4n) is 4.22. The van der Waals surface area contributed by atoms with Crippen LogP contribution in [0.5, 0.6) is 0 Å². The molecule has 0 aromatic carbocycles. The number of unbranched alkanes of at least 4 members (excludes halogenated alkanes) is 18. The van der Waals surface area contributed by atoms with Gasteiger partial charge >= 0.3 is 0 Å². The van der Waals surface area contributed by atoms with E-state index < -0.39 is 0 Å². The predicted molar refractivity (Wildman–Crippen MR) is 127 cm³/mol. The maximum Gasteiger partial charge on any atom is 0.180 e. The fraction of sp³-hybridized carbons (Fsp3) is 1.00. The van der Waals surface area contributed by atoms with E-state index in [0.29, 0.717) is 6.73 Å². The number of hydrogen-bond acceptors (Lipinski definition) is 1. The molecule has 0 heterocycles. The summed E-state index contributed by atoms with van der Waals surface area (Å²) >= 11 is 0. The zero-order chi connectivity index (χ0) is 20.8. The van der Waals surface area contributed by atoms with Crippen LogP contribution in [0.2, 0.25) is 0 Å². The molecule has 2 heteroatoms. The Morgan fingerprint density at radius 2 is 0.679 bits per heavy atom. The molecule has 1 N–H and O–H groups in total. The van der Waals surface area contributed by atoms with Crippen molar-refractivity contribution < 1.29 is 9.59 Å². The summed E-state index contributed by atoms with van der Waals surface area (Å²) in [6.07, 6.45) is 27.8. The van der Waals surface area contributed by atoms with E-state index in [2.05, 4.69) is 20.9 Å². The van der Waals surface area contributed by atoms with Gasteiger partial charge in [-0.2, -0.15) is 0 Å². The molecule has 0 bridgehead atoms. The van der Waals surface area contributed by atoms with Crippen molar-refractivity contribution in [3.63, 3.8) is 0 Å². The Kier molecular flexibility index (Phi) is 21.6. The molecule has 0 unspecified atom stereocenters. The van der Waals surface area contributed by atoms with Crippen LogP contribution in [0.1, 0.15) is 142 Å². The van der Waals surface area contributed by atoms with E-state index >= 15 is 0 Å². The third kappa shape index (κ3) is 19.2. The van der Waals surface area contributed by atoms with Crippen molar-refractivity contribution in [2.75, 3.05) is 26.9 Å². The fourth-order valence-corrected chi connectivity index (χ4v) is 4.22. The highest BCUT2D eigenvalue weighted by Crippen LogP contribution is 2.15.